The van der Waals surface area contributed by atoms with E-state index in [2.05, 4.69) is 4.90 Å². The van der Waals surface area contributed by atoms with Gasteiger partial charge in [-0.1, -0.05) is 35.9 Å². The van der Waals surface area contributed by atoms with Crippen LogP contribution >= 0.6 is 0 Å². The molecule has 3 rings (SSSR count). The molecular formula is C22H25NO4. The third kappa shape index (κ3) is 4.76. The maximum absolute atomic E-state index is 12.6. The van der Waals surface area contributed by atoms with Crippen LogP contribution in [0.3, 0.4) is 0 Å². The van der Waals surface area contributed by atoms with E-state index in [9.17, 15) is 9.90 Å². The van der Waals surface area contributed by atoms with Crippen LogP contribution in [0.2, 0.25) is 0 Å². The third-order valence-electron chi connectivity index (χ3n) is 4.72. The normalized spacial score (nSPS) is 15.2. The highest BCUT2D eigenvalue weighted by Crippen LogP contribution is 2.33. The van der Waals surface area contributed by atoms with Gasteiger partial charge < -0.3 is 14.6 Å². The average Bonchev–Trinajstić information content (AvgIpc) is 2.69. The van der Waals surface area contributed by atoms with E-state index in [0.717, 1.165) is 18.7 Å². The van der Waals surface area contributed by atoms with Crippen LogP contribution < -0.4 is 4.74 Å². The van der Waals surface area contributed by atoms with Gasteiger partial charge in [0.25, 0.3) is 0 Å². The second-order valence-electron chi connectivity index (χ2n) is 6.64. The minimum absolute atomic E-state index is 0.0144. The number of phenols is 1. The van der Waals surface area contributed by atoms with Gasteiger partial charge in [0.2, 0.25) is 0 Å². The number of rotatable bonds is 6. The first-order chi connectivity index (χ1) is 13.1. The number of phenolic OH excluding ortho intramolecular Hbond substituents is 1. The summed E-state index contributed by atoms with van der Waals surface area (Å²) in [6.07, 6.45) is 3.25. The SMILES string of the molecule is COc1ccc(C(=O)/C=C/c2ccc(C)cc2)c(O)c1CN1CCOCC1. The van der Waals surface area contributed by atoms with Crippen molar-refractivity contribution in [2.45, 2.75) is 13.5 Å². The molecule has 0 unspecified atom stereocenters. The fourth-order valence-corrected chi connectivity index (χ4v) is 3.08. The predicted molar refractivity (Wildman–Crippen MR) is 105 cm³/mol. The van der Waals surface area contributed by atoms with Crippen molar-refractivity contribution >= 4 is 11.9 Å². The monoisotopic (exact) mass is 367 g/mol. The van der Waals surface area contributed by atoms with Crippen molar-refractivity contribution < 1.29 is 19.4 Å². The van der Waals surface area contributed by atoms with Gasteiger partial charge in [-0.05, 0) is 30.7 Å². The number of carbonyl (C=O) groups excluding carboxylic acids is 1. The number of allylic oxidation sites excluding steroid dienone is 1. The Balaban J connectivity index is 1.82. The van der Waals surface area contributed by atoms with Gasteiger partial charge in [0.1, 0.15) is 11.5 Å². The zero-order valence-corrected chi connectivity index (χ0v) is 15.8. The first-order valence-electron chi connectivity index (χ1n) is 9.06. The van der Waals surface area contributed by atoms with Crippen molar-refractivity contribution in [3.05, 3.63) is 64.7 Å². The molecule has 0 radical (unpaired) electrons. The lowest BCUT2D eigenvalue weighted by Gasteiger charge is -2.27. The summed E-state index contributed by atoms with van der Waals surface area (Å²) in [6, 6.07) is 11.2. The van der Waals surface area contributed by atoms with Gasteiger partial charge in [-0.3, -0.25) is 9.69 Å². The van der Waals surface area contributed by atoms with Crippen LogP contribution in [0, 0.1) is 6.92 Å². The lowest BCUT2D eigenvalue weighted by atomic mass is 10.0. The van der Waals surface area contributed by atoms with Crippen molar-refractivity contribution in [2.75, 3.05) is 33.4 Å². The van der Waals surface area contributed by atoms with Crippen molar-refractivity contribution in [3.63, 3.8) is 0 Å². The fraction of sp³-hybridized carbons (Fsp3) is 0.318. The number of benzene rings is 2. The summed E-state index contributed by atoms with van der Waals surface area (Å²) in [5.74, 6) is 0.330. The van der Waals surface area contributed by atoms with E-state index in [1.807, 2.05) is 31.2 Å². The van der Waals surface area contributed by atoms with E-state index < -0.39 is 0 Å². The maximum atomic E-state index is 12.6. The highest BCUT2D eigenvalue weighted by atomic mass is 16.5. The van der Waals surface area contributed by atoms with Gasteiger partial charge in [0.15, 0.2) is 5.78 Å². The van der Waals surface area contributed by atoms with E-state index in [4.69, 9.17) is 9.47 Å². The molecular weight excluding hydrogens is 342 g/mol. The molecule has 2 aromatic rings. The minimum atomic E-state index is -0.237. The smallest absolute Gasteiger partial charge is 0.189 e. The molecule has 142 valence electrons. The Kier molecular flexibility index (Phi) is 6.27. The van der Waals surface area contributed by atoms with E-state index >= 15 is 0 Å². The quantitative estimate of drug-likeness (QED) is 0.626. The summed E-state index contributed by atoms with van der Waals surface area (Å²) in [7, 11) is 1.57. The number of carbonyl (C=O) groups is 1. The first kappa shape index (κ1) is 19.1. The Morgan fingerprint density at radius 1 is 1.19 bits per heavy atom. The molecule has 0 spiro atoms. The number of methoxy groups -OCH3 is 1. The molecule has 0 bridgehead atoms. The second-order valence-corrected chi connectivity index (χ2v) is 6.64. The van der Waals surface area contributed by atoms with Crippen molar-refractivity contribution in [1.29, 1.82) is 0 Å². The maximum Gasteiger partial charge on any atom is 0.189 e. The summed E-state index contributed by atoms with van der Waals surface area (Å²) >= 11 is 0. The summed E-state index contributed by atoms with van der Waals surface area (Å²) in [5.41, 5.74) is 3.02. The van der Waals surface area contributed by atoms with Gasteiger partial charge in [-0.2, -0.15) is 0 Å². The lowest BCUT2D eigenvalue weighted by Crippen LogP contribution is -2.35. The van der Waals surface area contributed by atoms with Gasteiger partial charge in [-0.25, -0.2) is 0 Å². The van der Waals surface area contributed by atoms with Crippen LogP contribution in [0.5, 0.6) is 11.5 Å². The molecule has 5 nitrogen and oxygen atoms in total. The Bertz CT molecular complexity index is 821. The van der Waals surface area contributed by atoms with Crippen LogP contribution in [0.4, 0.5) is 0 Å². The number of aryl methyl sites for hydroxylation is 1. The van der Waals surface area contributed by atoms with E-state index in [1.54, 1.807) is 25.3 Å². The molecule has 1 aliphatic heterocycles. The second kappa shape index (κ2) is 8.84. The summed E-state index contributed by atoms with van der Waals surface area (Å²) in [4.78, 5) is 14.8. The summed E-state index contributed by atoms with van der Waals surface area (Å²) in [5, 5.41) is 10.7. The topological polar surface area (TPSA) is 59.0 Å². The predicted octanol–water partition coefficient (Wildman–Crippen LogP) is 3.44. The number of aromatic hydroxyl groups is 1. The van der Waals surface area contributed by atoms with Crippen LogP contribution in [-0.2, 0) is 11.3 Å². The first-order valence-corrected chi connectivity index (χ1v) is 9.06. The minimum Gasteiger partial charge on any atom is -0.507 e. The average molecular weight is 367 g/mol. The third-order valence-corrected chi connectivity index (χ3v) is 4.72. The molecule has 0 atom stereocenters. The number of ketones is 1. The van der Waals surface area contributed by atoms with Crippen LogP contribution in [-0.4, -0.2) is 49.2 Å². The van der Waals surface area contributed by atoms with E-state index in [-0.39, 0.29) is 17.1 Å². The molecule has 1 saturated heterocycles. The van der Waals surface area contributed by atoms with Crippen molar-refractivity contribution in [2.24, 2.45) is 0 Å². The number of ether oxygens (including phenoxy) is 2. The number of hydrogen-bond donors (Lipinski definition) is 1. The standard InChI is InChI=1S/C22H25NO4/c1-16-3-5-17(6-4-16)7-9-20(24)18-8-10-21(26-2)19(22(18)25)15-23-11-13-27-14-12-23/h3-10,25H,11-15H2,1-2H3/b9-7+. The van der Waals surface area contributed by atoms with E-state index in [0.29, 0.717) is 31.1 Å². The molecule has 1 heterocycles. The molecule has 1 fully saturated rings. The Morgan fingerprint density at radius 3 is 2.56 bits per heavy atom. The Hall–Kier alpha value is -2.63. The van der Waals surface area contributed by atoms with Gasteiger partial charge >= 0.3 is 0 Å². The van der Waals surface area contributed by atoms with Crippen molar-refractivity contribution in [3.8, 4) is 11.5 Å². The Labute approximate surface area is 159 Å². The molecule has 0 amide bonds. The molecule has 1 aliphatic rings. The Morgan fingerprint density at radius 2 is 1.89 bits per heavy atom. The molecule has 27 heavy (non-hydrogen) atoms. The number of nitrogens with zero attached hydrogens (tertiary/aromatic N) is 1. The van der Waals surface area contributed by atoms with Crippen LogP contribution in [0.1, 0.15) is 27.0 Å². The zero-order valence-electron chi connectivity index (χ0n) is 15.8. The van der Waals surface area contributed by atoms with E-state index in [1.165, 1.54) is 11.6 Å². The lowest BCUT2D eigenvalue weighted by molar-refractivity contribution is 0.0335. The molecule has 0 aliphatic carbocycles. The summed E-state index contributed by atoms with van der Waals surface area (Å²) < 4.78 is 10.8. The molecule has 0 aromatic heterocycles. The fourth-order valence-electron chi connectivity index (χ4n) is 3.08. The highest BCUT2D eigenvalue weighted by molar-refractivity contribution is 6.09. The molecule has 2 aromatic carbocycles. The largest absolute Gasteiger partial charge is 0.507 e. The zero-order chi connectivity index (χ0) is 19.2. The van der Waals surface area contributed by atoms with Crippen molar-refractivity contribution in [1.82, 2.24) is 4.90 Å². The van der Waals surface area contributed by atoms with Gasteiger partial charge in [0.05, 0.1) is 31.5 Å². The summed E-state index contributed by atoms with van der Waals surface area (Å²) in [6.45, 7) is 5.44. The van der Waals surface area contributed by atoms with Crippen LogP contribution in [0.15, 0.2) is 42.5 Å². The van der Waals surface area contributed by atoms with Gasteiger partial charge in [0, 0.05) is 19.6 Å². The molecule has 0 saturated carbocycles. The highest BCUT2D eigenvalue weighted by Gasteiger charge is 2.20. The number of morpholine rings is 1. The molecule has 1 N–H and O–H groups in total. The van der Waals surface area contributed by atoms with Gasteiger partial charge in [-0.15, -0.1) is 0 Å². The number of hydrogen-bond acceptors (Lipinski definition) is 5. The van der Waals surface area contributed by atoms with Crippen LogP contribution in [0.25, 0.3) is 6.08 Å². The molecule has 5 heteroatoms.